The summed E-state index contributed by atoms with van der Waals surface area (Å²) in [5.74, 6) is 0.207. The quantitative estimate of drug-likeness (QED) is 0.0929. The van der Waals surface area contributed by atoms with Gasteiger partial charge in [-0.05, 0) is 18.8 Å². The lowest BCUT2D eigenvalue weighted by atomic mass is 9.94. The highest BCUT2D eigenvalue weighted by molar-refractivity contribution is 7.47. The molecule has 34 heavy (non-hydrogen) atoms. The van der Waals surface area contributed by atoms with Gasteiger partial charge in [0.15, 0.2) is 0 Å². The molecule has 0 fully saturated rings. The van der Waals surface area contributed by atoms with E-state index >= 15 is 0 Å². The third-order valence-electron chi connectivity index (χ3n) is 6.38. The molecular formula is C27H57NO5P+. The Morgan fingerprint density at radius 1 is 0.794 bits per heavy atom. The fourth-order valence-electron chi connectivity index (χ4n) is 4.28. The predicted octanol–water partition coefficient (Wildman–Crippen LogP) is 6.95. The summed E-state index contributed by atoms with van der Waals surface area (Å²) < 4.78 is 22.4. The first-order valence-electron chi connectivity index (χ1n) is 14.4. The van der Waals surface area contributed by atoms with E-state index in [-0.39, 0.29) is 24.9 Å². The number of Topliss-reactive ketones (excluding diaryl/α,β-unsaturated/α-hetero) is 1. The van der Waals surface area contributed by atoms with Crippen LogP contribution in [-0.4, -0.2) is 37.5 Å². The molecule has 0 saturated carbocycles. The second-order valence-corrected chi connectivity index (χ2v) is 11.3. The number of hydrogen-bond donors (Lipinski definition) is 2. The Bertz CT molecular complexity index is 503. The standard InChI is InChI=1S/C27H56NO5P/c1-4-6-7-8-9-10-11-12-13-14-15-16-17-18-21-26(24-27(29)20-5-2)25-33-34(30,31)32-23-19-22-28-3/h26,28H,4-25H2,1-3H3,(H,30,31)/p+1. The van der Waals surface area contributed by atoms with Gasteiger partial charge in [0.05, 0.1) is 26.8 Å². The zero-order valence-corrected chi connectivity index (χ0v) is 23.6. The molecule has 0 radical (unpaired) electrons. The van der Waals surface area contributed by atoms with Crippen LogP contribution in [0.5, 0.6) is 0 Å². The van der Waals surface area contributed by atoms with Gasteiger partial charge in [-0.1, -0.05) is 104 Å². The highest BCUT2D eigenvalue weighted by Crippen LogP contribution is 2.44. The van der Waals surface area contributed by atoms with E-state index in [4.69, 9.17) is 9.05 Å². The van der Waals surface area contributed by atoms with Crippen LogP contribution >= 0.6 is 7.82 Å². The normalized spacial score (nSPS) is 14.2. The SMILES string of the molecule is CCCCCCCCCCCCCCCCC(COP(=O)(O)OCCC[NH2+]C)CC(=O)CCC. The molecule has 0 aliphatic carbocycles. The van der Waals surface area contributed by atoms with Gasteiger partial charge in [0.25, 0.3) is 0 Å². The number of carbonyl (C=O) groups is 1. The number of quaternary nitrogens is 1. The van der Waals surface area contributed by atoms with Crippen LogP contribution in [0.3, 0.4) is 0 Å². The van der Waals surface area contributed by atoms with Crippen molar-refractivity contribution in [1.29, 1.82) is 0 Å². The highest BCUT2D eigenvalue weighted by atomic mass is 31.2. The summed E-state index contributed by atoms with van der Waals surface area (Å²) in [6, 6.07) is 0. The summed E-state index contributed by atoms with van der Waals surface area (Å²) in [5, 5.41) is 2.00. The molecule has 0 amide bonds. The van der Waals surface area contributed by atoms with Crippen molar-refractivity contribution in [3.05, 3.63) is 0 Å². The van der Waals surface area contributed by atoms with Crippen LogP contribution in [0.4, 0.5) is 0 Å². The molecule has 0 saturated heterocycles. The molecule has 0 heterocycles. The fraction of sp³-hybridized carbons (Fsp3) is 0.963. The van der Waals surface area contributed by atoms with Crippen molar-refractivity contribution in [2.75, 3.05) is 26.8 Å². The maximum atomic E-state index is 12.1. The van der Waals surface area contributed by atoms with E-state index in [1.807, 2.05) is 19.3 Å². The molecule has 0 aromatic rings. The van der Waals surface area contributed by atoms with Crippen molar-refractivity contribution in [3.8, 4) is 0 Å². The zero-order valence-electron chi connectivity index (χ0n) is 22.7. The first-order valence-corrected chi connectivity index (χ1v) is 15.9. The van der Waals surface area contributed by atoms with Crippen molar-refractivity contribution >= 4 is 13.6 Å². The number of unbranched alkanes of at least 4 members (excludes halogenated alkanes) is 13. The molecule has 0 rings (SSSR count). The lowest BCUT2D eigenvalue weighted by Gasteiger charge is -2.18. The van der Waals surface area contributed by atoms with E-state index in [9.17, 15) is 14.3 Å². The number of phosphoric acid groups is 1. The van der Waals surface area contributed by atoms with Crippen molar-refractivity contribution in [1.82, 2.24) is 0 Å². The first-order chi connectivity index (χ1) is 16.4. The summed E-state index contributed by atoms with van der Waals surface area (Å²) in [6.45, 7) is 5.42. The van der Waals surface area contributed by atoms with Crippen molar-refractivity contribution in [3.63, 3.8) is 0 Å². The third-order valence-corrected chi connectivity index (χ3v) is 7.36. The van der Waals surface area contributed by atoms with Crippen LogP contribution in [0.1, 0.15) is 136 Å². The molecule has 0 aliphatic heterocycles. The van der Waals surface area contributed by atoms with E-state index in [1.54, 1.807) is 0 Å². The Balaban J connectivity index is 3.96. The molecule has 0 aromatic carbocycles. The molecule has 2 unspecified atom stereocenters. The number of rotatable bonds is 27. The Kier molecular flexibility index (Phi) is 24.2. The molecule has 0 aliphatic rings. The van der Waals surface area contributed by atoms with Gasteiger partial charge in [0.1, 0.15) is 5.78 Å². The van der Waals surface area contributed by atoms with Gasteiger partial charge in [-0.2, -0.15) is 0 Å². The summed E-state index contributed by atoms with van der Waals surface area (Å²) in [5.41, 5.74) is 0. The topological polar surface area (TPSA) is 89.4 Å². The number of ketones is 1. The van der Waals surface area contributed by atoms with Crippen LogP contribution in [0.2, 0.25) is 0 Å². The molecule has 0 spiro atoms. The lowest BCUT2D eigenvalue weighted by Crippen LogP contribution is -2.79. The third kappa shape index (κ3) is 23.5. The van der Waals surface area contributed by atoms with Gasteiger partial charge < -0.3 is 10.2 Å². The molecule has 3 N–H and O–H groups in total. The summed E-state index contributed by atoms with van der Waals surface area (Å²) in [4.78, 5) is 22.1. The number of hydrogen-bond acceptors (Lipinski definition) is 4. The Labute approximate surface area is 211 Å². The molecule has 6 nitrogen and oxygen atoms in total. The van der Waals surface area contributed by atoms with Crippen molar-refractivity contribution in [2.45, 2.75) is 136 Å². The van der Waals surface area contributed by atoms with Gasteiger partial charge in [0.2, 0.25) is 0 Å². The van der Waals surface area contributed by atoms with Crippen molar-refractivity contribution in [2.24, 2.45) is 5.92 Å². The average molecular weight is 507 g/mol. The van der Waals surface area contributed by atoms with E-state index in [1.165, 1.54) is 77.0 Å². The van der Waals surface area contributed by atoms with E-state index in [2.05, 4.69) is 6.92 Å². The van der Waals surface area contributed by atoms with Crippen LogP contribution in [0, 0.1) is 5.92 Å². The maximum absolute atomic E-state index is 12.1. The maximum Gasteiger partial charge on any atom is 0.472 e. The largest absolute Gasteiger partial charge is 0.472 e. The van der Waals surface area contributed by atoms with E-state index < -0.39 is 7.82 Å². The van der Waals surface area contributed by atoms with Crippen LogP contribution < -0.4 is 5.32 Å². The van der Waals surface area contributed by atoms with Gasteiger partial charge in [-0.25, -0.2) is 4.57 Å². The summed E-state index contributed by atoms with van der Waals surface area (Å²) in [6.07, 6.45) is 21.8. The van der Waals surface area contributed by atoms with Gasteiger partial charge in [-0.15, -0.1) is 0 Å². The Hall–Kier alpha value is -0.260. The average Bonchev–Trinajstić information content (AvgIpc) is 2.80. The molecule has 204 valence electrons. The van der Waals surface area contributed by atoms with Crippen LogP contribution in [0.15, 0.2) is 0 Å². The monoisotopic (exact) mass is 506 g/mol. The number of nitrogens with two attached hydrogens (primary N) is 1. The Morgan fingerprint density at radius 2 is 1.32 bits per heavy atom. The lowest BCUT2D eigenvalue weighted by molar-refractivity contribution is -0.627. The zero-order chi connectivity index (χ0) is 25.3. The van der Waals surface area contributed by atoms with Gasteiger partial charge in [0, 0.05) is 19.3 Å². The predicted molar refractivity (Wildman–Crippen MR) is 142 cm³/mol. The summed E-state index contributed by atoms with van der Waals surface area (Å²) >= 11 is 0. The molecule has 0 bridgehead atoms. The second-order valence-electron chi connectivity index (χ2n) is 9.89. The molecule has 7 heteroatoms. The van der Waals surface area contributed by atoms with Crippen LogP contribution in [-0.2, 0) is 18.4 Å². The molecule has 2 atom stereocenters. The highest BCUT2D eigenvalue weighted by Gasteiger charge is 2.24. The smallest absolute Gasteiger partial charge is 0.349 e. The second kappa shape index (κ2) is 24.4. The number of carbonyl (C=O) groups excluding carboxylic acids is 1. The molecular weight excluding hydrogens is 449 g/mol. The van der Waals surface area contributed by atoms with Crippen LogP contribution in [0.25, 0.3) is 0 Å². The minimum absolute atomic E-state index is 0.00979. The fourth-order valence-corrected chi connectivity index (χ4v) is 5.11. The van der Waals surface area contributed by atoms with E-state index in [0.717, 1.165) is 32.2 Å². The summed E-state index contributed by atoms with van der Waals surface area (Å²) in [7, 11) is -2.10. The minimum atomic E-state index is -4.04. The first kappa shape index (κ1) is 33.7. The van der Waals surface area contributed by atoms with Crippen molar-refractivity contribution < 1.29 is 28.6 Å². The van der Waals surface area contributed by atoms with Gasteiger partial charge >= 0.3 is 7.82 Å². The Morgan fingerprint density at radius 3 is 1.82 bits per heavy atom. The minimum Gasteiger partial charge on any atom is -0.349 e. The van der Waals surface area contributed by atoms with E-state index in [0.29, 0.717) is 19.3 Å². The number of phosphoric ester groups is 1. The molecule has 0 aromatic heterocycles. The van der Waals surface area contributed by atoms with Gasteiger partial charge in [-0.3, -0.25) is 13.8 Å².